The van der Waals surface area contributed by atoms with Gasteiger partial charge in [0.15, 0.2) is 0 Å². The largest absolute Gasteiger partial charge is 3.00 e. The van der Waals surface area contributed by atoms with Crippen LogP contribution in [0.4, 0.5) is 0 Å². The first-order valence-electron chi connectivity index (χ1n) is 3.68. The fourth-order valence-electron chi connectivity index (χ4n) is 0. The van der Waals surface area contributed by atoms with E-state index in [1.807, 2.05) is 0 Å². The topological polar surface area (TPSA) is 120 Å². The summed E-state index contributed by atoms with van der Waals surface area (Å²) in [5.74, 6) is -5.13. The zero-order valence-electron chi connectivity index (χ0n) is 9.11. The molecule has 0 aromatic rings. The summed E-state index contributed by atoms with van der Waals surface area (Å²) in [5, 5.41) is 28.5. The Balaban J connectivity index is -0.000000108. The predicted octanol–water partition coefficient (Wildman–Crippen LogP) is 0.319. The van der Waals surface area contributed by atoms with Crippen molar-refractivity contribution in [2.75, 3.05) is 0 Å². The van der Waals surface area contributed by atoms with Crippen molar-refractivity contribution in [2.45, 2.75) is 11.4 Å². The van der Waals surface area contributed by atoms with Crippen molar-refractivity contribution in [3.63, 3.8) is 0 Å². The molecule has 0 radical (unpaired) electrons. The van der Waals surface area contributed by atoms with Gasteiger partial charge in [-0.25, -0.2) is 0 Å². The minimum absolute atomic E-state index is 0. The van der Waals surface area contributed by atoms with Gasteiger partial charge in [0.05, 0.1) is 17.9 Å². The molecule has 16 heteroatoms. The zero-order chi connectivity index (χ0) is 18.2. The van der Waals surface area contributed by atoms with Gasteiger partial charge in [-0.3, -0.25) is 0 Å². The van der Waals surface area contributed by atoms with Gasteiger partial charge < -0.3 is 29.7 Å². The van der Waals surface area contributed by atoms with Crippen LogP contribution in [-0.2, 0) is 14.4 Å². The van der Waals surface area contributed by atoms with Crippen LogP contribution in [0.2, 0.25) is 0 Å². The molecule has 0 aromatic carbocycles. The van der Waals surface area contributed by atoms with Crippen LogP contribution in [0.5, 0.6) is 0 Å². The van der Waals surface area contributed by atoms with Gasteiger partial charge in [0.2, 0.25) is 11.4 Å². The van der Waals surface area contributed by atoms with Crippen LogP contribution in [0.15, 0.2) is 0 Å². The van der Waals surface area contributed by atoms with Gasteiger partial charge in [0.25, 0.3) is 0 Å². The number of aliphatic carboxylic acids is 3. The van der Waals surface area contributed by atoms with E-state index in [-0.39, 0.29) is 36.9 Å². The standard InChI is InChI=1S/3C2HCl3O2.Lu/c3*3-2(4,5)1(6)7;/h3*(H,6,7);/q;;;+3/p-3. The Kier molecular flexibility index (Phi) is 19.6. The summed E-state index contributed by atoms with van der Waals surface area (Å²) >= 11 is 42.6. The number of alkyl halides is 9. The fourth-order valence-corrected chi connectivity index (χ4v) is 0. The number of rotatable bonds is 0. The molecule has 0 saturated heterocycles. The molecule has 0 saturated carbocycles. The molecule has 6 nitrogen and oxygen atoms in total. The van der Waals surface area contributed by atoms with Crippen LogP contribution in [0.1, 0.15) is 0 Å². The summed E-state index contributed by atoms with van der Waals surface area (Å²) in [6.07, 6.45) is 0. The van der Waals surface area contributed by atoms with E-state index in [1.54, 1.807) is 0 Å². The minimum Gasteiger partial charge on any atom is -0.545 e. The van der Waals surface area contributed by atoms with Crippen LogP contribution in [0.25, 0.3) is 0 Å². The maximum atomic E-state index is 9.51. The molecule has 0 unspecified atom stereocenters. The second-order valence-corrected chi connectivity index (χ2v) is 9.20. The van der Waals surface area contributed by atoms with Crippen molar-refractivity contribution >= 4 is 122 Å². The van der Waals surface area contributed by atoms with Crippen LogP contribution >= 0.6 is 104 Å². The smallest absolute Gasteiger partial charge is 0.545 e. The molecule has 0 rings (SSSR count). The first-order valence-corrected chi connectivity index (χ1v) is 7.08. The summed E-state index contributed by atoms with van der Waals surface area (Å²) in [5.41, 5.74) is 0. The summed E-state index contributed by atoms with van der Waals surface area (Å²) in [7, 11) is 0. The van der Waals surface area contributed by atoms with E-state index in [4.69, 9.17) is 104 Å². The van der Waals surface area contributed by atoms with Gasteiger partial charge in [-0.15, -0.1) is 0 Å². The molecule has 0 amide bonds. The molecule has 22 heavy (non-hydrogen) atoms. The Morgan fingerprint density at radius 2 is 0.545 bits per heavy atom. The van der Waals surface area contributed by atoms with Crippen molar-refractivity contribution in [2.24, 2.45) is 0 Å². The maximum Gasteiger partial charge on any atom is 3.00 e. The van der Waals surface area contributed by atoms with Gasteiger partial charge in [-0.1, -0.05) is 104 Å². The predicted molar refractivity (Wildman–Crippen MR) is 75.9 cm³/mol. The van der Waals surface area contributed by atoms with Gasteiger partial charge >= 0.3 is 36.9 Å². The normalized spacial score (nSPS) is 10.8. The summed E-state index contributed by atoms with van der Waals surface area (Å²) in [4.78, 5) is 28.5. The van der Waals surface area contributed by atoms with Crippen molar-refractivity contribution < 1.29 is 66.6 Å². The van der Waals surface area contributed by atoms with Crippen LogP contribution in [-0.4, -0.2) is 29.3 Å². The van der Waals surface area contributed by atoms with Crippen molar-refractivity contribution in [1.29, 1.82) is 0 Å². The number of carboxylic acid groups (broad SMARTS) is 3. The van der Waals surface area contributed by atoms with Crippen molar-refractivity contribution in [3.8, 4) is 0 Å². The van der Waals surface area contributed by atoms with Crippen molar-refractivity contribution in [1.82, 2.24) is 0 Å². The number of hydrogen-bond donors (Lipinski definition) is 0. The van der Waals surface area contributed by atoms with Gasteiger partial charge in [-0.05, 0) is 0 Å². The molecular formula is C6Cl9LuO6. The Hall–Kier alpha value is 2.25. The number of carbonyl (C=O) groups is 3. The third kappa shape index (κ3) is 24.5. The Labute approximate surface area is 197 Å². The van der Waals surface area contributed by atoms with E-state index >= 15 is 0 Å². The Bertz CT molecular complexity index is 313. The number of hydrogen-bond acceptors (Lipinski definition) is 6. The average molecular weight is 662 g/mol. The summed E-state index contributed by atoms with van der Waals surface area (Å²) in [6, 6.07) is 0. The number of carbonyl (C=O) groups excluding carboxylic acids is 3. The van der Waals surface area contributed by atoms with Gasteiger partial charge in [0, 0.05) is 0 Å². The molecule has 0 fully saturated rings. The second kappa shape index (κ2) is 13.5. The zero-order valence-corrected chi connectivity index (χ0v) is 17.6. The molecule has 0 atom stereocenters. The molecule has 0 heterocycles. The molecule has 0 aliphatic heterocycles. The van der Waals surface area contributed by atoms with E-state index in [2.05, 4.69) is 0 Å². The van der Waals surface area contributed by atoms with Gasteiger partial charge in [-0.2, -0.15) is 0 Å². The van der Waals surface area contributed by atoms with Crippen LogP contribution in [0.3, 0.4) is 0 Å². The Morgan fingerprint density at radius 1 is 0.500 bits per heavy atom. The van der Waals surface area contributed by atoms with Crippen molar-refractivity contribution in [3.05, 3.63) is 0 Å². The first-order chi connectivity index (χ1) is 8.83. The molecule has 0 N–H and O–H groups in total. The molecule has 138 valence electrons. The van der Waals surface area contributed by atoms with Crippen LogP contribution < -0.4 is 15.3 Å². The number of halogens is 9. The molecule has 0 spiro atoms. The molecular weight excluding hydrogens is 662 g/mol. The van der Waals surface area contributed by atoms with Crippen LogP contribution in [0, 0.1) is 36.9 Å². The monoisotopic (exact) mass is 658 g/mol. The molecule has 0 aliphatic carbocycles. The second-order valence-electron chi connectivity index (χ2n) is 2.36. The summed E-state index contributed by atoms with van der Waals surface area (Å²) in [6.45, 7) is 0. The fraction of sp³-hybridized carbons (Fsp3) is 0.500. The van der Waals surface area contributed by atoms with E-state index in [0.717, 1.165) is 0 Å². The SMILES string of the molecule is O=C([O-])C(Cl)(Cl)Cl.O=C([O-])C(Cl)(Cl)Cl.O=C([O-])C(Cl)(Cl)Cl.[Lu+3]. The first kappa shape index (κ1) is 32.0. The third-order valence-corrected chi connectivity index (χ3v) is 2.08. The molecule has 0 aliphatic rings. The molecule has 0 aromatic heterocycles. The van der Waals surface area contributed by atoms with E-state index in [0.29, 0.717) is 0 Å². The van der Waals surface area contributed by atoms with E-state index in [1.165, 1.54) is 0 Å². The quantitative estimate of drug-likeness (QED) is 0.345. The van der Waals surface area contributed by atoms with E-state index in [9.17, 15) is 29.7 Å². The van der Waals surface area contributed by atoms with E-state index < -0.39 is 29.3 Å². The minimum atomic E-state index is -2.28. The number of carboxylic acids is 3. The average Bonchev–Trinajstić information content (AvgIpc) is 2.14. The van der Waals surface area contributed by atoms with Gasteiger partial charge in [0.1, 0.15) is 0 Å². The Morgan fingerprint density at radius 3 is 0.545 bits per heavy atom. The summed E-state index contributed by atoms with van der Waals surface area (Å²) < 4.78 is -6.83. The maximum absolute atomic E-state index is 9.51. The third-order valence-electron chi connectivity index (χ3n) is 0.694. The molecule has 0 bridgehead atoms.